The molecule has 1 aliphatic heterocycles. The number of carbonyl (C=O) groups excluding carboxylic acids is 3. The van der Waals surface area contributed by atoms with Crippen LogP contribution in [0.1, 0.15) is 29.3 Å². The first-order valence-electron chi connectivity index (χ1n) is 9.02. The van der Waals surface area contributed by atoms with Crippen molar-refractivity contribution in [3.05, 3.63) is 53.6 Å². The molecular weight excluding hydrogens is 360 g/mol. The third-order valence-corrected chi connectivity index (χ3v) is 4.52. The minimum atomic E-state index is -0.332. The zero-order valence-electron chi connectivity index (χ0n) is 15.9. The van der Waals surface area contributed by atoms with E-state index in [0.29, 0.717) is 29.2 Å². The van der Waals surface area contributed by atoms with Crippen molar-refractivity contribution in [3.8, 4) is 11.5 Å². The fourth-order valence-corrected chi connectivity index (χ4v) is 3.00. The number of fused-ring (bicyclic) bond motifs is 1. The number of nitrogens with one attached hydrogen (secondary N) is 1. The first kappa shape index (κ1) is 19.4. The average Bonchev–Trinajstić information content (AvgIpc) is 2.73. The van der Waals surface area contributed by atoms with Gasteiger partial charge in [-0.25, -0.2) is 0 Å². The summed E-state index contributed by atoms with van der Waals surface area (Å²) in [6, 6.07) is 12.3. The molecule has 1 N–H and O–H groups in total. The molecule has 0 unspecified atom stereocenters. The Morgan fingerprint density at radius 2 is 2.00 bits per heavy atom. The molecule has 0 radical (unpaired) electrons. The highest BCUT2D eigenvalue weighted by molar-refractivity contribution is 6.04. The Morgan fingerprint density at radius 1 is 1.21 bits per heavy atom. The number of hydrogen-bond acceptors (Lipinski definition) is 5. The fourth-order valence-electron chi connectivity index (χ4n) is 3.00. The third-order valence-electron chi connectivity index (χ3n) is 4.52. The van der Waals surface area contributed by atoms with E-state index < -0.39 is 0 Å². The van der Waals surface area contributed by atoms with Gasteiger partial charge in [0, 0.05) is 24.1 Å². The van der Waals surface area contributed by atoms with Crippen LogP contribution in [0.5, 0.6) is 11.5 Å². The molecule has 2 amide bonds. The molecule has 0 bridgehead atoms. The molecule has 2 aromatic rings. The molecule has 7 nitrogen and oxygen atoms in total. The monoisotopic (exact) mass is 382 g/mol. The summed E-state index contributed by atoms with van der Waals surface area (Å²) >= 11 is 0. The Kier molecular flexibility index (Phi) is 5.93. The minimum absolute atomic E-state index is 0.0404. The quantitative estimate of drug-likeness (QED) is 0.743. The lowest BCUT2D eigenvalue weighted by Gasteiger charge is -2.29. The van der Waals surface area contributed by atoms with E-state index in [2.05, 4.69) is 5.32 Å². The predicted molar refractivity (Wildman–Crippen MR) is 104 cm³/mol. The van der Waals surface area contributed by atoms with E-state index in [9.17, 15) is 14.4 Å². The van der Waals surface area contributed by atoms with Crippen molar-refractivity contribution in [1.29, 1.82) is 0 Å². The molecule has 1 aliphatic rings. The summed E-state index contributed by atoms with van der Waals surface area (Å²) in [5.74, 6) is 0.463. The number of nitrogens with zero attached hydrogens (tertiary/aromatic N) is 1. The van der Waals surface area contributed by atoms with Gasteiger partial charge >= 0.3 is 0 Å². The van der Waals surface area contributed by atoms with E-state index >= 15 is 0 Å². The lowest BCUT2D eigenvalue weighted by atomic mass is 10.1. The first-order valence-corrected chi connectivity index (χ1v) is 9.02. The summed E-state index contributed by atoms with van der Waals surface area (Å²) in [5, 5.41) is 2.80. The standard InChI is InChI=1S/C21H22N2O5/c1-3-17(24)14-8-9-19-16(10-14)23(21(26)13-28-19)12-20(25)22-11-15-6-4-5-7-18(15)27-2/h4-10H,3,11-13H2,1-2H3,(H,22,25). The number of ketones is 1. The number of rotatable bonds is 7. The van der Waals surface area contributed by atoms with Gasteiger partial charge in [0.25, 0.3) is 5.91 Å². The normalized spacial score (nSPS) is 12.8. The van der Waals surface area contributed by atoms with Crippen LogP contribution in [0.3, 0.4) is 0 Å². The zero-order valence-corrected chi connectivity index (χ0v) is 15.9. The number of carbonyl (C=O) groups is 3. The van der Waals surface area contributed by atoms with Crippen LogP contribution >= 0.6 is 0 Å². The van der Waals surface area contributed by atoms with Crippen LogP contribution in [-0.4, -0.2) is 37.9 Å². The highest BCUT2D eigenvalue weighted by atomic mass is 16.5. The molecule has 146 valence electrons. The molecule has 28 heavy (non-hydrogen) atoms. The molecule has 0 aliphatic carbocycles. The Hall–Kier alpha value is -3.35. The Bertz CT molecular complexity index is 909. The topological polar surface area (TPSA) is 84.9 Å². The Morgan fingerprint density at radius 3 is 2.75 bits per heavy atom. The number of anilines is 1. The molecule has 0 fully saturated rings. The van der Waals surface area contributed by atoms with E-state index in [1.165, 1.54) is 4.90 Å². The van der Waals surface area contributed by atoms with Crippen molar-refractivity contribution in [2.24, 2.45) is 0 Å². The number of ether oxygens (including phenoxy) is 2. The van der Waals surface area contributed by atoms with E-state index in [-0.39, 0.29) is 37.3 Å². The van der Waals surface area contributed by atoms with Crippen molar-refractivity contribution >= 4 is 23.3 Å². The van der Waals surface area contributed by atoms with Crippen molar-refractivity contribution in [2.45, 2.75) is 19.9 Å². The number of Topliss-reactive ketones (excluding diaryl/α,β-unsaturated/α-hetero) is 1. The number of hydrogen-bond donors (Lipinski definition) is 1. The van der Waals surface area contributed by atoms with Crippen LogP contribution in [0, 0.1) is 0 Å². The van der Waals surface area contributed by atoms with Gasteiger partial charge < -0.3 is 14.8 Å². The SMILES string of the molecule is CCC(=O)c1ccc2c(c1)N(CC(=O)NCc1ccccc1OC)C(=O)CO2. The second kappa shape index (κ2) is 8.56. The number of para-hydroxylation sites is 1. The Balaban J connectivity index is 1.74. The van der Waals surface area contributed by atoms with E-state index in [1.807, 2.05) is 24.3 Å². The van der Waals surface area contributed by atoms with Gasteiger partial charge in [-0.05, 0) is 24.3 Å². The van der Waals surface area contributed by atoms with Crippen molar-refractivity contribution in [2.75, 3.05) is 25.2 Å². The van der Waals surface area contributed by atoms with Gasteiger partial charge in [0.05, 0.1) is 12.8 Å². The van der Waals surface area contributed by atoms with Gasteiger partial charge in [0.1, 0.15) is 18.0 Å². The maximum atomic E-state index is 12.5. The summed E-state index contributed by atoms with van der Waals surface area (Å²) in [7, 11) is 1.57. The van der Waals surface area contributed by atoms with E-state index in [1.54, 1.807) is 32.2 Å². The smallest absolute Gasteiger partial charge is 0.265 e. The molecule has 2 aromatic carbocycles. The summed E-state index contributed by atoms with van der Waals surface area (Å²) in [5.41, 5.74) is 1.75. The molecule has 0 saturated heterocycles. The molecule has 3 rings (SSSR count). The fraction of sp³-hybridized carbons (Fsp3) is 0.286. The third kappa shape index (κ3) is 4.14. The van der Waals surface area contributed by atoms with Crippen molar-refractivity contribution in [1.82, 2.24) is 5.32 Å². The van der Waals surface area contributed by atoms with Crippen LogP contribution in [0.25, 0.3) is 0 Å². The van der Waals surface area contributed by atoms with Crippen LogP contribution < -0.4 is 19.7 Å². The summed E-state index contributed by atoms with van der Waals surface area (Å²) in [4.78, 5) is 38.1. The van der Waals surface area contributed by atoms with Crippen LogP contribution in [0.15, 0.2) is 42.5 Å². The van der Waals surface area contributed by atoms with Crippen LogP contribution in [0.4, 0.5) is 5.69 Å². The molecule has 0 atom stereocenters. The van der Waals surface area contributed by atoms with Crippen molar-refractivity contribution < 1.29 is 23.9 Å². The predicted octanol–water partition coefficient (Wildman–Crippen LogP) is 2.33. The summed E-state index contributed by atoms with van der Waals surface area (Å²) < 4.78 is 10.7. The molecule has 1 heterocycles. The van der Waals surface area contributed by atoms with E-state index in [4.69, 9.17) is 9.47 Å². The van der Waals surface area contributed by atoms with Gasteiger partial charge in [-0.3, -0.25) is 19.3 Å². The van der Waals surface area contributed by atoms with Gasteiger partial charge in [-0.15, -0.1) is 0 Å². The average molecular weight is 382 g/mol. The maximum Gasteiger partial charge on any atom is 0.265 e. The summed E-state index contributed by atoms with van der Waals surface area (Å²) in [6.45, 7) is 1.75. The number of methoxy groups -OCH3 is 1. The number of benzene rings is 2. The lowest BCUT2D eigenvalue weighted by Crippen LogP contribution is -2.45. The molecule has 0 spiro atoms. The maximum absolute atomic E-state index is 12.5. The summed E-state index contributed by atoms with van der Waals surface area (Å²) in [6.07, 6.45) is 0.354. The van der Waals surface area contributed by atoms with Gasteiger partial charge in [-0.1, -0.05) is 25.1 Å². The van der Waals surface area contributed by atoms with Crippen molar-refractivity contribution in [3.63, 3.8) is 0 Å². The second-order valence-electron chi connectivity index (χ2n) is 6.32. The molecule has 0 aromatic heterocycles. The largest absolute Gasteiger partial charge is 0.496 e. The Labute approximate surface area is 163 Å². The highest BCUT2D eigenvalue weighted by Gasteiger charge is 2.28. The molecule has 7 heteroatoms. The zero-order chi connectivity index (χ0) is 20.1. The van der Waals surface area contributed by atoms with Gasteiger partial charge in [0.2, 0.25) is 5.91 Å². The highest BCUT2D eigenvalue weighted by Crippen LogP contribution is 2.33. The molecule has 0 saturated carbocycles. The van der Waals surface area contributed by atoms with Crippen LogP contribution in [0.2, 0.25) is 0 Å². The lowest BCUT2D eigenvalue weighted by molar-refractivity contribution is -0.125. The minimum Gasteiger partial charge on any atom is -0.496 e. The van der Waals surface area contributed by atoms with Gasteiger partial charge in [0.15, 0.2) is 12.4 Å². The second-order valence-corrected chi connectivity index (χ2v) is 6.32. The first-order chi connectivity index (χ1) is 13.5. The van der Waals surface area contributed by atoms with Crippen LogP contribution in [-0.2, 0) is 16.1 Å². The number of amides is 2. The van der Waals surface area contributed by atoms with Gasteiger partial charge in [-0.2, -0.15) is 0 Å². The van der Waals surface area contributed by atoms with E-state index in [0.717, 1.165) is 5.56 Å². The molecular formula is C21H22N2O5.